The summed E-state index contributed by atoms with van der Waals surface area (Å²) in [6.45, 7) is 4.74. The maximum atomic E-state index is 12.5. The van der Waals surface area contributed by atoms with Gasteiger partial charge in [-0.15, -0.1) is 0 Å². The van der Waals surface area contributed by atoms with Crippen LogP contribution in [0.25, 0.3) is 0 Å². The summed E-state index contributed by atoms with van der Waals surface area (Å²) in [5.74, 6) is 0. The third kappa shape index (κ3) is 3.59. The van der Waals surface area contributed by atoms with Crippen LogP contribution < -0.4 is 10.2 Å². The zero-order valence-corrected chi connectivity index (χ0v) is 13.7. The standard InChI is InChI=1S/C17H26N4O2/c1-19-9-11-20(12-10-19)16-7-3-2-6-15(16)18-17(23)21-8-4-5-14(21)13-22/h2-3,6-7,14,22H,4-5,8-13H2,1H3,(H,18,23)/t14-/m1/s1. The SMILES string of the molecule is CN1CCN(c2ccccc2NC(=O)N2CCC[C@@H]2CO)CC1. The van der Waals surface area contributed by atoms with Crippen molar-refractivity contribution in [3.05, 3.63) is 24.3 Å². The second-order valence-corrected chi connectivity index (χ2v) is 6.41. The summed E-state index contributed by atoms with van der Waals surface area (Å²) in [5, 5.41) is 12.4. The lowest BCUT2D eigenvalue weighted by atomic mass is 10.2. The van der Waals surface area contributed by atoms with Crippen LogP contribution in [0, 0.1) is 0 Å². The minimum Gasteiger partial charge on any atom is -0.394 e. The Morgan fingerprint density at radius 2 is 1.96 bits per heavy atom. The van der Waals surface area contributed by atoms with Crippen LogP contribution in [0.4, 0.5) is 16.2 Å². The number of likely N-dealkylation sites (tertiary alicyclic amines) is 1. The molecule has 6 heteroatoms. The number of likely N-dealkylation sites (N-methyl/N-ethyl adjacent to an activating group) is 1. The van der Waals surface area contributed by atoms with Gasteiger partial charge in [0.15, 0.2) is 0 Å². The van der Waals surface area contributed by atoms with Crippen molar-refractivity contribution in [1.82, 2.24) is 9.80 Å². The smallest absolute Gasteiger partial charge is 0.322 e. The van der Waals surface area contributed by atoms with E-state index in [1.807, 2.05) is 18.2 Å². The predicted molar refractivity (Wildman–Crippen MR) is 92.0 cm³/mol. The van der Waals surface area contributed by atoms with Gasteiger partial charge in [-0.25, -0.2) is 4.79 Å². The van der Waals surface area contributed by atoms with Gasteiger partial charge in [0.1, 0.15) is 0 Å². The van der Waals surface area contributed by atoms with Crippen molar-refractivity contribution in [2.45, 2.75) is 18.9 Å². The summed E-state index contributed by atoms with van der Waals surface area (Å²) < 4.78 is 0. The molecule has 0 saturated carbocycles. The van der Waals surface area contributed by atoms with Crippen LogP contribution >= 0.6 is 0 Å². The number of anilines is 2. The van der Waals surface area contributed by atoms with E-state index in [4.69, 9.17) is 0 Å². The molecule has 2 saturated heterocycles. The van der Waals surface area contributed by atoms with Gasteiger partial charge in [0.25, 0.3) is 0 Å². The molecule has 1 aromatic carbocycles. The first-order valence-corrected chi connectivity index (χ1v) is 8.40. The minimum atomic E-state index is -0.108. The first kappa shape index (κ1) is 16.1. The number of nitrogens with one attached hydrogen (secondary N) is 1. The van der Waals surface area contributed by atoms with Crippen molar-refractivity contribution >= 4 is 17.4 Å². The highest BCUT2D eigenvalue weighted by Gasteiger charge is 2.28. The summed E-state index contributed by atoms with van der Waals surface area (Å²) in [6.07, 6.45) is 1.84. The lowest BCUT2D eigenvalue weighted by Crippen LogP contribution is -2.45. The molecule has 2 aliphatic heterocycles. The number of aliphatic hydroxyl groups excluding tert-OH is 1. The minimum absolute atomic E-state index is 0.0352. The molecule has 0 radical (unpaired) electrons. The Balaban J connectivity index is 1.71. The number of hydrogen-bond donors (Lipinski definition) is 2. The van der Waals surface area contributed by atoms with Gasteiger partial charge in [0, 0.05) is 32.7 Å². The average molecular weight is 318 g/mol. The van der Waals surface area contributed by atoms with Crippen molar-refractivity contribution in [2.75, 3.05) is 56.6 Å². The fourth-order valence-corrected chi connectivity index (χ4v) is 3.38. The number of para-hydroxylation sites is 2. The van der Waals surface area contributed by atoms with Crippen LogP contribution in [0.15, 0.2) is 24.3 Å². The molecule has 1 atom stereocenters. The van der Waals surface area contributed by atoms with Crippen molar-refractivity contribution in [3.8, 4) is 0 Å². The van der Waals surface area contributed by atoms with Gasteiger partial charge in [-0.1, -0.05) is 12.1 Å². The van der Waals surface area contributed by atoms with E-state index in [2.05, 4.69) is 28.2 Å². The van der Waals surface area contributed by atoms with Gasteiger partial charge < -0.3 is 25.1 Å². The molecule has 2 heterocycles. The van der Waals surface area contributed by atoms with E-state index in [0.29, 0.717) is 6.54 Å². The summed E-state index contributed by atoms with van der Waals surface area (Å²) in [5.41, 5.74) is 1.93. The van der Waals surface area contributed by atoms with Crippen LogP contribution in [0.5, 0.6) is 0 Å². The Morgan fingerprint density at radius 1 is 1.22 bits per heavy atom. The maximum Gasteiger partial charge on any atom is 0.322 e. The molecule has 0 unspecified atom stereocenters. The van der Waals surface area contributed by atoms with Crippen LogP contribution in [0.2, 0.25) is 0 Å². The fraction of sp³-hybridized carbons (Fsp3) is 0.588. The number of benzene rings is 1. The van der Waals surface area contributed by atoms with Gasteiger partial charge in [0.2, 0.25) is 0 Å². The molecular weight excluding hydrogens is 292 g/mol. The molecule has 23 heavy (non-hydrogen) atoms. The topological polar surface area (TPSA) is 59.0 Å². The van der Waals surface area contributed by atoms with E-state index in [0.717, 1.165) is 50.4 Å². The lowest BCUT2D eigenvalue weighted by molar-refractivity contribution is 0.166. The van der Waals surface area contributed by atoms with Crippen LogP contribution in [0.3, 0.4) is 0 Å². The largest absolute Gasteiger partial charge is 0.394 e. The highest BCUT2D eigenvalue weighted by Crippen LogP contribution is 2.27. The van der Waals surface area contributed by atoms with E-state index in [-0.39, 0.29) is 18.7 Å². The lowest BCUT2D eigenvalue weighted by Gasteiger charge is -2.35. The number of nitrogens with zero attached hydrogens (tertiary/aromatic N) is 3. The number of aliphatic hydroxyl groups is 1. The van der Waals surface area contributed by atoms with Crippen molar-refractivity contribution in [3.63, 3.8) is 0 Å². The molecule has 2 fully saturated rings. The Kier molecular flexibility index (Phi) is 5.03. The Labute approximate surface area is 137 Å². The monoisotopic (exact) mass is 318 g/mol. The fourth-order valence-electron chi connectivity index (χ4n) is 3.38. The molecule has 0 aliphatic carbocycles. The Hall–Kier alpha value is -1.79. The number of carbonyl (C=O) groups is 1. The normalized spacial score (nSPS) is 22.4. The molecule has 2 amide bonds. The van der Waals surface area contributed by atoms with Gasteiger partial charge in [-0.3, -0.25) is 0 Å². The molecule has 0 spiro atoms. The van der Waals surface area contributed by atoms with E-state index >= 15 is 0 Å². The maximum absolute atomic E-state index is 12.5. The van der Waals surface area contributed by atoms with Crippen LogP contribution in [-0.4, -0.2) is 73.4 Å². The number of piperazine rings is 1. The number of carbonyl (C=O) groups excluding carboxylic acids is 1. The third-order valence-electron chi connectivity index (χ3n) is 4.84. The molecule has 2 aliphatic rings. The van der Waals surface area contributed by atoms with E-state index in [9.17, 15) is 9.90 Å². The van der Waals surface area contributed by atoms with Gasteiger partial charge >= 0.3 is 6.03 Å². The predicted octanol–water partition coefficient (Wildman–Crippen LogP) is 1.43. The first-order chi connectivity index (χ1) is 11.2. The highest BCUT2D eigenvalue weighted by molar-refractivity contribution is 5.93. The molecule has 126 valence electrons. The van der Waals surface area contributed by atoms with Gasteiger partial charge in [-0.2, -0.15) is 0 Å². The molecular formula is C17H26N4O2. The Bertz CT molecular complexity index is 543. The molecule has 0 bridgehead atoms. The first-order valence-electron chi connectivity index (χ1n) is 8.40. The second kappa shape index (κ2) is 7.19. The molecule has 1 aromatic rings. The van der Waals surface area contributed by atoms with Crippen molar-refractivity contribution in [2.24, 2.45) is 0 Å². The number of hydrogen-bond acceptors (Lipinski definition) is 4. The average Bonchev–Trinajstić information content (AvgIpc) is 3.05. The summed E-state index contributed by atoms with van der Waals surface area (Å²) >= 11 is 0. The third-order valence-corrected chi connectivity index (χ3v) is 4.84. The van der Waals surface area contributed by atoms with E-state index in [1.165, 1.54) is 0 Å². The van der Waals surface area contributed by atoms with E-state index < -0.39 is 0 Å². The highest BCUT2D eigenvalue weighted by atomic mass is 16.3. The summed E-state index contributed by atoms with van der Waals surface area (Å²) in [7, 11) is 2.13. The quantitative estimate of drug-likeness (QED) is 0.885. The Morgan fingerprint density at radius 3 is 2.70 bits per heavy atom. The molecule has 0 aromatic heterocycles. The van der Waals surface area contributed by atoms with Gasteiger partial charge in [0.05, 0.1) is 24.0 Å². The zero-order valence-electron chi connectivity index (χ0n) is 13.7. The molecule has 6 nitrogen and oxygen atoms in total. The number of rotatable bonds is 3. The number of amides is 2. The number of urea groups is 1. The van der Waals surface area contributed by atoms with Gasteiger partial charge in [-0.05, 0) is 32.0 Å². The van der Waals surface area contributed by atoms with Crippen molar-refractivity contribution < 1.29 is 9.90 Å². The second-order valence-electron chi connectivity index (χ2n) is 6.41. The van der Waals surface area contributed by atoms with Crippen LogP contribution in [-0.2, 0) is 0 Å². The molecule has 2 N–H and O–H groups in total. The summed E-state index contributed by atoms with van der Waals surface area (Å²) in [4.78, 5) is 18.9. The van der Waals surface area contributed by atoms with Crippen molar-refractivity contribution in [1.29, 1.82) is 0 Å². The van der Waals surface area contributed by atoms with Crippen LogP contribution in [0.1, 0.15) is 12.8 Å². The zero-order chi connectivity index (χ0) is 16.2. The molecule has 3 rings (SSSR count). The van der Waals surface area contributed by atoms with E-state index in [1.54, 1.807) is 4.90 Å². The summed E-state index contributed by atoms with van der Waals surface area (Å²) in [6, 6.07) is 7.82.